The highest BCUT2D eigenvalue weighted by atomic mass is 16.2. The van der Waals surface area contributed by atoms with Crippen molar-refractivity contribution in [2.75, 3.05) is 0 Å². The minimum absolute atomic E-state index is 0.0101. The van der Waals surface area contributed by atoms with Gasteiger partial charge in [0, 0.05) is 12.6 Å². The molecule has 0 aliphatic heterocycles. The topological polar surface area (TPSA) is 85.8 Å². The maximum atomic E-state index is 12.1. The molecule has 0 radical (unpaired) electrons. The van der Waals surface area contributed by atoms with Gasteiger partial charge in [-0.1, -0.05) is 31.4 Å². The number of carbonyl (C=O) groups excluding carboxylic acids is 1. The van der Waals surface area contributed by atoms with Gasteiger partial charge in [0.05, 0.1) is 11.9 Å². The molecule has 3 N–H and O–H groups in total. The van der Waals surface area contributed by atoms with Gasteiger partial charge in [-0.15, -0.1) is 5.10 Å². The lowest BCUT2D eigenvalue weighted by molar-refractivity contribution is -0.123. The summed E-state index contributed by atoms with van der Waals surface area (Å²) in [4.78, 5) is 12.1. The Labute approximate surface area is 120 Å². The molecule has 2 rings (SSSR count). The molecule has 20 heavy (non-hydrogen) atoms. The van der Waals surface area contributed by atoms with E-state index in [4.69, 9.17) is 5.73 Å². The second-order valence-corrected chi connectivity index (χ2v) is 5.59. The van der Waals surface area contributed by atoms with E-state index in [0.717, 1.165) is 6.42 Å². The van der Waals surface area contributed by atoms with Crippen molar-refractivity contribution in [3.05, 3.63) is 11.9 Å². The van der Waals surface area contributed by atoms with Gasteiger partial charge in [0.2, 0.25) is 5.91 Å². The van der Waals surface area contributed by atoms with E-state index in [-0.39, 0.29) is 12.5 Å². The predicted molar refractivity (Wildman–Crippen MR) is 76.7 cm³/mol. The lowest BCUT2D eigenvalue weighted by atomic mass is 9.83. The number of carbonyl (C=O) groups is 1. The first-order chi connectivity index (χ1) is 9.72. The summed E-state index contributed by atoms with van der Waals surface area (Å²) in [5.74, 6) is 0.643. The Kier molecular flexibility index (Phi) is 5.52. The molecular formula is C14H25N5O. The zero-order chi connectivity index (χ0) is 14.4. The summed E-state index contributed by atoms with van der Waals surface area (Å²) in [5.41, 5.74) is 6.18. The van der Waals surface area contributed by atoms with Crippen molar-refractivity contribution in [2.45, 2.75) is 64.6 Å². The second kappa shape index (κ2) is 7.38. The minimum Gasteiger partial charge on any atom is -0.351 e. The largest absolute Gasteiger partial charge is 0.351 e. The van der Waals surface area contributed by atoms with Crippen molar-refractivity contribution in [2.24, 2.45) is 11.7 Å². The fourth-order valence-electron chi connectivity index (χ4n) is 3.00. The summed E-state index contributed by atoms with van der Waals surface area (Å²) >= 11 is 0. The molecule has 1 unspecified atom stereocenters. The van der Waals surface area contributed by atoms with Gasteiger partial charge in [0.1, 0.15) is 6.54 Å². The molecule has 0 saturated heterocycles. The SMILES string of the molecule is CCC(NC(=O)Cn1cc(CN)nn1)C1CCCCC1. The Hall–Kier alpha value is -1.43. The maximum absolute atomic E-state index is 12.1. The molecule has 0 spiro atoms. The predicted octanol–water partition coefficient (Wildman–Crippen LogP) is 1.21. The van der Waals surface area contributed by atoms with Crippen LogP contribution in [-0.2, 0) is 17.9 Å². The van der Waals surface area contributed by atoms with Crippen LogP contribution >= 0.6 is 0 Å². The highest BCUT2D eigenvalue weighted by Crippen LogP contribution is 2.27. The zero-order valence-corrected chi connectivity index (χ0v) is 12.2. The highest BCUT2D eigenvalue weighted by molar-refractivity contribution is 5.75. The summed E-state index contributed by atoms with van der Waals surface area (Å²) in [7, 11) is 0. The van der Waals surface area contributed by atoms with Crippen LogP contribution in [0.1, 0.15) is 51.1 Å². The van der Waals surface area contributed by atoms with E-state index in [9.17, 15) is 4.79 Å². The van der Waals surface area contributed by atoms with E-state index in [1.807, 2.05) is 0 Å². The first-order valence-electron chi connectivity index (χ1n) is 7.61. The van der Waals surface area contributed by atoms with Crippen LogP contribution in [0, 0.1) is 5.92 Å². The van der Waals surface area contributed by atoms with Crippen LogP contribution in [0.25, 0.3) is 0 Å². The number of nitrogens with zero attached hydrogens (tertiary/aromatic N) is 3. The van der Waals surface area contributed by atoms with Crippen molar-refractivity contribution in [1.29, 1.82) is 0 Å². The van der Waals surface area contributed by atoms with Gasteiger partial charge in [-0.05, 0) is 25.2 Å². The molecule has 112 valence electrons. The summed E-state index contributed by atoms with van der Waals surface area (Å²) in [6.45, 7) is 2.71. The number of hydrogen-bond acceptors (Lipinski definition) is 4. The number of hydrogen-bond donors (Lipinski definition) is 2. The molecule has 1 aromatic heterocycles. The first-order valence-corrected chi connectivity index (χ1v) is 7.61. The number of nitrogens with two attached hydrogens (primary N) is 1. The van der Waals surface area contributed by atoms with Gasteiger partial charge >= 0.3 is 0 Å². The average molecular weight is 279 g/mol. The molecule has 1 atom stereocenters. The molecule has 0 bridgehead atoms. The molecule has 6 heteroatoms. The first kappa shape index (κ1) is 15.0. The fraction of sp³-hybridized carbons (Fsp3) is 0.786. The summed E-state index contributed by atoms with van der Waals surface area (Å²) in [5, 5.41) is 10.9. The monoisotopic (exact) mass is 279 g/mol. The molecule has 1 amide bonds. The Morgan fingerprint density at radius 3 is 2.85 bits per heavy atom. The van der Waals surface area contributed by atoms with Crippen molar-refractivity contribution >= 4 is 5.91 Å². The fourth-order valence-corrected chi connectivity index (χ4v) is 3.00. The van der Waals surface area contributed by atoms with Gasteiger partial charge in [0.25, 0.3) is 0 Å². The summed E-state index contributed by atoms with van der Waals surface area (Å²) in [6.07, 6.45) is 9.10. The smallest absolute Gasteiger partial charge is 0.242 e. The Morgan fingerprint density at radius 2 is 2.25 bits per heavy atom. The Morgan fingerprint density at radius 1 is 1.50 bits per heavy atom. The van der Waals surface area contributed by atoms with Crippen molar-refractivity contribution in [3.63, 3.8) is 0 Å². The molecule has 1 aliphatic carbocycles. The average Bonchev–Trinajstić information content (AvgIpc) is 2.93. The van der Waals surface area contributed by atoms with E-state index < -0.39 is 0 Å². The van der Waals surface area contributed by atoms with E-state index in [2.05, 4.69) is 22.6 Å². The molecule has 1 heterocycles. The molecule has 1 fully saturated rings. The Bertz CT molecular complexity index is 425. The van der Waals surface area contributed by atoms with Crippen molar-refractivity contribution < 1.29 is 4.79 Å². The van der Waals surface area contributed by atoms with Gasteiger partial charge in [-0.2, -0.15) is 0 Å². The van der Waals surface area contributed by atoms with E-state index >= 15 is 0 Å². The maximum Gasteiger partial charge on any atom is 0.242 e. The van der Waals surface area contributed by atoms with Crippen molar-refractivity contribution in [1.82, 2.24) is 20.3 Å². The van der Waals surface area contributed by atoms with Crippen LogP contribution in [-0.4, -0.2) is 26.9 Å². The van der Waals surface area contributed by atoms with Crippen molar-refractivity contribution in [3.8, 4) is 0 Å². The lowest BCUT2D eigenvalue weighted by Gasteiger charge is -2.30. The standard InChI is InChI=1S/C14H25N5O/c1-2-13(11-6-4-3-5-7-11)16-14(20)10-19-9-12(8-15)17-18-19/h9,11,13H,2-8,10,15H2,1H3,(H,16,20). The van der Waals surface area contributed by atoms with Gasteiger partial charge < -0.3 is 11.1 Å². The van der Waals surface area contributed by atoms with Crippen LogP contribution < -0.4 is 11.1 Å². The molecule has 1 saturated carbocycles. The third-order valence-corrected chi connectivity index (χ3v) is 4.11. The third-order valence-electron chi connectivity index (χ3n) is 4.11. The highest BCUT2D eigenvalue weighted by Gasteiger charge is 2.23. The van der Waals surface area contributed by atoms with Gasteiger partial charge in [-0.3, -0.25) is 4.79 Å². The van der Waals surface area contributed by atoms with E-state index in [0.29, 0.717) is 24.2 Å². The van der Waals surface area contributed by atoms with Crippen LogP contribution in [0.2, 0.25) is 0 Å². The molecule has 1 aliphatic rings. The van der Waals surface area contributed by atoms with Crippen LogP contribution in [0.15, 0.2) is 6.20 Å². The minimum atomic E-state index is 0.0101. The molecular weight excluding hydrogens is 254 g/mol. The second-order valence-electron chi connectivity index (χ2n) is 5.59. The number of amides is 1. The number of rotatable bonds is 6. The van der Waals surface area contributed by atoms with Crippen LogP contribution in [0.4, 0.5) is 0 Å². The third kappa shape index (κ3) is 4.03. The van der Waals surface area contributed by atoms with Gasteiger partial charge in [-0.25, -0.2) is 4.68 Å². The lowest BCUT2D eigenvalue weighted by Crippen LogP contribution is -2.42. The van der Waals surface area contributed by atoms with Crippen LogP contribution in [0.5, 0.6) is 0 Å². The summed E-state index contributed by atoms with van der Waals surface area (Å²) in [6, 6.07) is 0.292. The van der Waals surface area contributed by atoms with E-state index in [1.54, 1.807) is 10.9 Å². The van der Waals surface area contributed by atoms with Crippen LogP contribution in [0.3, 0.4) is 0 Å². The number of aromatic nitrogens is 3. The zero-order valence-electron chi connectivity index (χ0n) is 12.2. The normalized spacial score (nSPS) is 17.9. The summed E-state index contributed by atoms with van der Waals surface area (Å²) < 4.78 is 1.55. The van der Waals surface area contributed by atoms with Gasteiger partial charge in [0.15, 0.2) is 0 Å². The quantitative estimate of drug-likeness (QED) is 0.819. The molecule has 0 aromatic carbocycles. The molecule has 6 nitrogen and oxygen atoms in total. The number of nitrogens with one attached hydrogen (secondary N) is 1. The molecule has 1 aromatic rings. The Balaban J connectivity index is 1.85. The van der Waals surface area contributed by atoms with E-state index in [1.165, 1.54) is 32.1 Å².